The van der Waals surface area contributed by atoms with Gasteiger partial charge in [-0.3, -0.25) is 9.59 Å². The molecule has 0 heterocycles. The van der Waals surface area contributed by atoms with Crippen molar-refractivity contribution in [2.24, 2.45) is 0 Å². The zero-order valence-corrected chi connectivity index (χ0v) is 10.6. The van der Waals surface area contributed by atoms with Crippen molar-refractivity contribution in [1.82, 2.24) is 10.6 Å². The second-order valence-corrected chi connectivity index (χ2v) is 4.10. The lowest BCUT2D eigenvalue weighted by Gasteiger charge is -2.31. The molecule has 0 aliphatic rings. The van der Waals surface area contributed by atoms with Crippen molar-refractivity contribution in [3.63, 3.8) is 0 Å². The van der Waals surface area contributed by atoms with Crippen LogP contribution in [-0.2, 0) is 9.59 Å². The zero-order valence-electron chi connectivity index (χ0n) is 10.6. The predicted octanol–water partition coefficient (Wildman–Crippen LogP) is -3.98. The molecule has 2 amide bonds. The van der Waals surface area contributed by atoms with Gasteiger partial charge in [0.1, 0.15) is 30.6 Å². The van der Waals surface area contributed by atoms with E-state index in [2.05, 4.69) is 10.6 Å². The maximum Gasteiger partial charge on any atom is 0.218 e. The third-order valence-corrected chi connectivity index (χ3v) is 2.34. The van der Waals surface area contributed by atoms with E-state index in [0.717, 1.165) is 13.8 Å². The molecule has 0 radical (unpaired) electrons. The highest BCUT2D eigenvalue weighted by Gasteiger charge is 2.35. The van der Waals surface area contributed by atoms with Gasteiger partial charge < -0.3 is 36.2 Å². The fourth-order valence-corrected chi connectivity index (χ4v) is 1.38. The number of aliphatic hydroxyl groups is 5. The number of rotatable bonds is 7. The Hall–Kier alpha value is -1.26. The Bertz CT molecular complexity index is 296. The molecule has 0 rings (SSSR count). The summed E-state index contributed by atoms with van der Waals surface area (Å²) < 4.78 is 0. The van der Waals surface area contributed by atoms with Gasteiger partial charge >= 0.3 is 0 Å². The molecule has 0 aliphatic heterocycles. The van der Waals surface area contributed by atoms with E-state index in [4.69, 9.17) is 10.2 Å². The van der Waals surface area contributed by atoms with Crippen LogP contribution in [0.25, 0.3) is 0 Å². The van der Waals surface area contributed by atoms with Crippen LogP contribution in [0.4, 0.5) is 0 Å². The van der Waals surface area contributed by atoms with Crippen LogP contribution >= 0.6 is 0 Å². The molecule has 0 aliphatic carbocycles. The first kappa shape index (κ1) is 17.7. The van der Waals surface area contributed by atoms with Crippen LogP contribution in [0, 0.1) is 0 Å². The third kappa shape index (κ3) is 5.94. The van der Waals surface area contributed by atoms with Gasteiger partial charge in [-0.15, -0.1) is 0 Å². The molecule has 0 fully saturated rings. The van der Waals surface area contributed by atoms with E-state index in [1.807, 2.05) is 0 Å². The molecule has 0 saturated carbocycles. The average molecular weight is 280 g/mol. The van der Waals surface area contributed by atoms with Crippen molar-refractivity contribution in [3.8, 4) is 0 Å². The number of aliphatic hydroxyl groups excluding tert-OH is 5. The lowest BCUT2D eigenvalue weighted by Crippen LogP contribution is -2.60. The van der Waals surface area contributed by atoms with E-state index >= 15 is 0 Å². The molecule has 9 nitrogen and oxygen atoms in total. The molecule has 19 heavy (non-hydrogen) atoms. The minimum atomic E-state index is -1.88. The van der Waals surface area contributed by atoms with E-state index in [1.54, 1.807) is 0 Å². The predicted molar refractivity (Wildman–Crippen MR) is 62.5 cm³/mol. The van der Waals surface area contributed by atoms with Crippen LogP contribution in [0.2, 0.25) is 0 Å². The second-order valence-electron chi connectivity index (χ2n) is 4.10. The molecule has 0 aromatic carbocycles. The largest absolute Gasteiger partial charge is 0.394 e. The minimum Gasteiger partial charge on any atom is -0.394 e. The molecule has 0 bridgehead atoms. The Labute approximate surface area is 109 Å². The molecule has 7 N–H and O–H groups in total. The van der Waals surface area contributed by atoms with Gasteiger partial charge in [0.25, 0.3) is 0 Å². The molecule has 9 heteroatoms. The lowest BCUT2D eigenvalue weighted by molar-refractivity contribution is -0.136. The Kier molecular flexibility index (Phi) is 7.49. The molecule has 0 spiro atoms. The van der Waals surface area contributed by atoms with Crippen LogP contribution in [0.5, 0.6) is 0 Å². The van der Waals surface area contributed by atoms with Crippen molar-refractivity contribution < 1.29 is 35.1 Å². The summed E-state index contributed by atoms with van der Waals surface area (Å²) in [6.07, 6.45) is -8.51. The topological polar surface area (TPSA) is 159 Å². The smallest absolute Gasteiger partial charge is 0.218 e. The number of hydrogen-bond donors (Lipinski definition) is 7. The molecular weight excluding hydrogens is 260 g/mol. The summed E-state index contributed by atoms with van der Waals surface area (Å²) in [6, 6.07) is 0. The Morgan fingerprint density at radius 3 is 1.63 bits per heavy atom. The number of carbonyl (C=O) groups excluding carboxylic acids is 2. The van der Waals surface area contributed by atoms with Gasteiger partial charge in [-0.25, -0.2) is 0 Å². The van der Waals surface area contributed by atoms with Gasteiger partial charge in [0.2, 0.25) is 11.8 Å². The Morgan fingerprint density at radius 2 is 1.32 bits per heavy atom. The first-order chi connectivity index (χ1) is 8.70. The van der Waals surface area contributed by atoms with Gasteiger partial charge in [0.15, 0.2) is 0 Å². The number of hydrogen-bond acceptors (Lipinski definition) is 7. The first-order valence-corrected chi connectivity index (χ1v) is 5.58. The van der Waals surface area contributed by atoms with Gasteiger partial charge in [0, 0.05) is 13.8 Å². The zero-order chi connectivity index (χ0) is 15.2. The van der Waals surface area contributed by atoms with Crippen molar-refractivity contribution >= 4 is 11.8 Å². The summed E-state index contributed by atoms with van der Waals surface area (Å²) >= 11 is 0. The SMILES string of the molecule is CC(=O)NC(NC(C)=O)[C@H](O)[C@H](O)[C@H](O)[C@H](O)CO. The van der Waals surface area contributed by atoms with Crippen LogP contribution < -0.4 is 10.6 Å². The van der Waals surface area contributed by atoms with Crippen LogP contribution in [0.3, 0.4) is 0 Å². The summed E-state index contributed by atoms with van der Waals surface area (Å²) in [4.78, 5) is 21.8. The highest BCUT2D eigenvalue weighted by Crippen LogP contribution is 2.07. The molecule has 0 saturated heterocycles. The van der Waals surface area contributed by atoms with E-state index in [0.29, 0.717) is 0 Å². The molecule has 0 unspecified atom stereocenters. The third-order valence-electron chi connectivity index (χ3n) is 2.34. The maximum atomic E-state index is 10.9. The quantitative estimate of drug-likeness (QED) is 0.234. The van der Waals surface area contributed by atoms with Crippen molar-refractivity contribution in [3.05, 3.63) is 0 Å². The molecular formula is C10H20N2O7. The average Bonchev–Trinajstić information content (AvgIpc) is 2.33. The van der Waals surface area contributed by atoms with E-state index in [-0.39, 0.29) is 0 Å². The Balaban J connectivity index is 4.80. The summed E-state index contributed by atoms with van der Waals surface area (Å²) in [5, 5.41) is 50.9. The van der Waals surface area contributed by atoms with E-state index in [1.165, 1.54) is 0 Å². The van der Waals surface area contributed by atoms with Crippen LogP contribution in [0.15, 0.2) is 0 Å². The van der Waals surface area contributed by atoms with Crippen molar-refractivity contribution in [2.45, 2.75) is 44.4 Å². The van der Waals surface area contributed by atoms with E-state index < -0.39 is 49.0 Å². The second kappa shape index (κ2) is 8.02. The summed E-state index contributed by atoms with van der Waals surface area (Å²) in [7, 11) is 0. The Morgan fingerprint density at radius 1 is 0.895 bits per heavy atom. The molecule has 0 aromatic heterocycles. The summed E-state index contributed by atoms with van der Waals surface area (Å²) in [5.74, 6) is -1.16. The molecule has 112 valence electrons. The number of carbonyl (C=O) groups is 2. The standard InChI is InChI=1S/C10H20N2O7/c1-4(14)11-10(12-5(2)15)9(19)8(18)7(17)6(16)3-13/h6-10,13,16-19H,3H2,1-2H3,(H,11,14)(H,12,15)/t6-,7-,8-,9-/m1/s1. The van der Waals surface area contributed by atoms with Crippen LogP contribution in [-0.4, -0.2) is 74.5 Å². The normalized spacial score (nSPS) is 17.5. The number of amides is 2. The maximum absolute atomic E-state index is 10.9. The van der Waals surface area contributed by atoms with Gasteiger partial charge in [0.05, 0.1) is 6.61 Å². The lowest BCUT2D eigenvalue weighted by atomic mass is 10.0. The van der Waals surface area contributed by atoms with Gasteiger partial charge in [-0.2, -0.15) is 0 Å². The highest BCUT2D eigenvalue weighted by molar-refractivity contribution is 5.76. The van der Waals surface area contributed by atoms with Gasteiger partial charge in [-0.1, -0.05) is 0 Å². The first-order valence-electron chi connectivity index (χ1n) is 5.58. The monoisotopic (exact) mass is 280 g/mol. The summed E-state index contributed by atoms with van der Waals surface area (Å²) in [5.41, 5.74) is 0. The van der Waals surface area contributed by atoms with Crippen molar-refractivity contribution in [2.75, 3.05) is 6.61 Å². The molecule has 4 atom stereocenters. The summed E-state index contributed by atoms with van der Waals surface area (Å²) in [6.45, 7) is 1.44. The van der Waals surface area contributed by atoms with E-state index in [9.17, 15) is 24.9 Å². The van der Waals surface area contributed by atoms with Crippen molar-refractivity contribution in [1.29, 1.82) is 0 Å². The fourth-order valence-electron chi connectivity index (χ4n) is 1.38. The molecule has 0 aromatic rings. The van der Waals surface area contributed by atoms with Crippen LogP contribution in [0.1, 0.15) is 13.8 Å². The van der Waals surface area contributed by atoms with Gasteiger partial charge in [-0.05, 0) is 0 Å². The number of nitrogens with one attached hydrogen (secondary N) is 2. The minimum absolute atomic E-state index is 0.581. The fraction of sp³-hybridized carbons (Fsp3) is 0.800. The highest BCUT2D eigenvalue weighted by atomic mass is 16.4.